The predicted molar refractivity (Wildman–Crippen MR) is 90.2 cm³/mol. The van der Waals surface area contributed by atoms with Crippen LogP contribution in [0.4, 0.5) is 5.69 Å². The highest BCUT2D eigenvalue weighted by atomic mass is 16.3. The Morgan fingerprint density at radius 3 is 2.96 bits per heavy atom. The van der Waals surface area contributed by atoms with Gasteiger partial charge in [0.25, 0.3) is 5.91 Å². The van der Waals surface area contributed by atoms with Gasteiger partial charge in [0.15, 0.2) is 0 Å². The smallest absolute Gasteiger partial charge is 0.251 e. The Bertz CT molecular complexity index is 811. The highest BCUT2D eigenvalue weighted by Crippen LogP contribution is 2.28. The lowest BCUT2D eigenvalue weighted by atomic mass is 9.93. The number of carbonyl (C=O) groups excluding carboxylic acids is 1. The van der Waals surface area contributed by atoms with Gasteiger partial charge in [0.2, 0.25) is 0 Å². The summed E-state index contributed by atoms with van der Waals surface area (Å²) in [5.74, 6) is -0.00487. The van der Waals surface area contributed by atoms with Crippen molar-refractivity contribution in [1.29, 1.82) is 0 Å². The van der Waals surface area contributed by atoms with Crippen molar-refractivity contribution in [3.05, 3.63) is 70.3 Å². The monoisotopic (exact) mass is 306 g/mol. The quantitative estimate of drug-likeness (QED) is 0.798. The van der Waals surface area contributed by atoms with Crippen LogP contribution >= 0.6 is 0 Å². The van der Waals surface area contributed by atoms with E-state index in [1.165, 1.54) is 0 Å². The minimum Gasteiger partial charge on any atom is -0.370 e. The molecule has 1 atom stereocenters. The molecular formula is C19H18N2O2. The van der Waals surface area contributed by atoms with Gasteiger partial charge in [-0.1, -0.05) is 30.3 Å². The van der Waals surface area contributed by atoms with Crippen LogP contribution in [0, 0.1) is 0 Å². The molecule has 4 rings (SSSR count). The second-order valence-corrected chi connectivity index (χ2v) is 6.03. The molecule has 0 saturated heterocycles. The molecule has 0 radical (unpaired) electrons. The van der Waals surface area contributed by atoms with E-state index < -0.39 is 6.23 Å². The van der Waals surface area contributed by atoms with Gasteiger partial charge in [-0.05, 0) is 53.3 Å². The number of aliphatic hydroxyl groups excluding tert-OH is 1. The molecule has 0 bridgehead atoms. The van der Waals surface area contributed by atoms with Crippen molar-refractivity contribution in [3.8, 4) is 0 Å². The van der Waals surface area contributed by atoms with Crippen molar-refractivity contribution in [1.82, 2.24) is 5.32 Å². The largest absolute Gasteiger partial charge is 0.370 e. The van der Waals surface area contributed by atoms with Gasteiger partial charge in [0.1, 0.15) is 6.23 Å². The fraction of sp³-hybridized carbons (Fsp3) is 0.211. The van der Waals surface area contributed by atoms with E-state index in [2.05, 4.69) is 10.6 Å². The average molecular weight is 306 g/mol. The molecular weight excluding hydrogens is 288 g/mol. The van der Waals surface area contributed by atoms with Gasteiger partial charge in [-0.3, -0.25) is 4.79 Å². The predicted octanol–water partition coefficient (Wildman–Crippen LogP) is 2.34. The van der Waals surface area contributed by atoms with Crippen LogP contribution in [0.1, 0.15) is 27.0 Å². The van der Waals surface area contributed by atoms with Crippen LogP contribution in [0.3, 0.4) is 0 Å². The van der Waals surface area contributed by atoms with Gasteiger partial charge in [0, 0.05) is 17.8 Å². The number of anilines is 1. The first-order valence-corrected chi connectivity index (χ1v) is 7.85. The third kappa shape index (κ3) is 2.62. The second-order valence-electron chi connectivity index (χ2n) is 6.03. The molecule has 2 aromatic carbocycles. The summed E-state index contributed by atoms with van der Waals surface area (Å²) in [6, 6.07) is 13.9. The second kappa shape index (κ2) is 5.56. The molecule has 4 heteroatoms. The Balaban J connectivity index is 1.65. The number of rotatable bonds is 2. The first kappa shape index (κ1) is 14.0. The summed E-state index contributed by atoms with van der Waals surface area (Å²) < 4.78 is 0. The number of carbonyl (C=O) groups is 1. The van der Waals surface area contributed by atoms with E-state index in [0.29, 0.717) is 13.0 Å². The molecule has 2 heterocycles. The SMILES string of the molecule is O=C1NCCc2ccc(CC3=Cc4ccccc4NC3O)cc21. The first-order valence-electron chi connectivity index (χ1n) is 7.85. The van der Waals surface area contributed by atoms with Gasteiger partial charge in [-0.15, -0.1) is 0 Å². The molecule has 116 valence electrons. The molecule has 0 aromatic heterocycles. The van der Waals surface area contributed by atoms with E-state index >= 15 is 0 Å². The van der Waals surface area contributed by atoms with Crippen molar-refractivity contribution in [2.75, 3.05) is 11.9 Å². The van der Waals surface area contributed by atoms with Crippen LogP contribution in [0.5, 0.6) is 0 Å². The Morgan fingerprint density at radius 1 is 1.17 bits per heavy atom. The first-order chi connectivity index (χ1) is 11.2. The Hall–Kier alpha value is -2.59. The molecule has 1 amide bonds. The Kier molecular flexibility index (Phi) is 3.39. The van der Waals surface area contributed by atoms with Crippen LogP contribution < -0.4 is 10.6 Å². The summed E-state index contributed by atoms with van der Waals surface area (Å²) >= 11 is 0. The fourth-order valence-electron chi connectivity index (χ4n) is 3.23. The van der Waals surface area contributed by atoms with Crippen LogP contribution in [-0.2, 0) is 12.8 Å². The minimum atomic E-state index is -0.699. The molecule has 2 aromatic rings. The maximum absolute atomic E-state index is 12.0. The summed E-state index contributed by atoms with van der Waals surface area (Å²) in [5.41, 5.74) is 5.80. The molecule has 0 aliphatic carbocycles. The zero-order chi connectivity index (χ0) is 15.8. The van der Waals surface area contributed by atoms with Crippen molar-refractivity contribution >= 4 is 17.7 Å². The molecule has 2 aliphatic rings. The van der Waals surface area contributed by atoms with Crippen molar-refractivity contribution in [3.63, 3.8) is 0 Å². The molecule has 3 N–H and O–H groups in total. The van der Waals surface area contributed by atoms with E-state index in [4.69, 9.17) is 0 Å². The fourth-order valence-corrected chi connectivity index (χ4v) is 3.23. The third-order valence-corrected chi connectivity index (χ3v) is 4.45. The normalized spacial score (nSPS) is 19.1. The maximum atomic E-state index is 12.0. The molecule has 2 aliphatic heterocycles. The number of aliphatic hydroxyl groups is 1. The molecule has 0 fully saturated rings. The van der Waals surface area contributed by atoms with Crippen LogP contribution in [0.15, 0.2) is 48.0 Å². The van der Waals surface area contributed by atoms with Crippen LogP contribution in [0.2, 0.25) is 0 Å². The number of fused-ring (bicyclic) bond motifs is 2. The maximum Gasteiger partial charge on any atom is 0.251 e. The average Bonchev–Trinajstić information content (AvgIpc) is 2.56. The molecule has 0 saturated carbocycles. The third-order valence-electron chi connectivity index (χ3n) is 4.45. The Labute approximate surface area is 134 Å². The molecule has 4 nitrogen and oxygen atoms in total. The van der Waals surface area contributed by atoms with Crippen LogP contribution in [-0.4, -0.2) is 23.8 Å². The van der Waals surface area contributed by atoms with Crippen molar-refractivity contribution in [2.45, 2.75) is 19.1 Å². The standard InChI is InChI=1S/C19H18N2O2/c22-18-15(11-14-3-1-2-4-17(14)21-18)9-12-5-6-13-7-8-20-19(23)16(13)10-12/h1-6,10-11,18,21-22H,7-9H2,(H,20,23). The van der Waals surface area contributed by atoms with E-state index in [9.17, 15) is 9.90 Å². The number of nitrogens with one attached hydrogen (secondary N) is 2. The van der Waals surface area contributed by atoms with E-state index in [-0.39, 0.29) is 5.91 Å². The van der Waals surface area contributed by atoms with Gasteiger partial charge in [-0.25, -0.2) is 0 Å². The lowest BCUT2D eigenvalue weighted by Crippen LogP contribution is -2.32. The number of hydrogen-bond donors (Lipinski definition) is 3. The zero-order valence-electron chi connectivity index (χ0n) is 12.7. The zero-order valence-corrected chi connectivity index (χ0v) is 12.7. The highest BCUT2D eigenvalue weighted by Gasteiger charge is 2.20. The number of hydrogen-bond acceptors (Lipinski definition) is 3. The number of benzene rings is 2. The molecule has 0 spiro atoms. The van der Waals surface area contributed by atoms with E-state index in [0.717, 1.165) is 39.9 Å². The van der Waals surface area contributed by atoms with Gasteiger partial charge < -0.3 is 15.7 Å². The lowest BCUT2D eigenvalue weighted by molar-refractivity contribution is 0.0946. The summed E-state index contributed by atoms with van der Waals surface area (Å²) in [6.45, 7) is 0.704. The lowest BCUT2D eigenvalue weighted by Gasteiger charge is -2.25. The van der Waals surface area contributed by atoms with E-state index in [1.54, 1.807) is 0 Å². The van der Waals surface area contributed by atoms with E-state index in [1.807, 2.05) is 48.5 Å². The number of para-hydroxylation sites is 1. The minimum absolute atomic E-state index is 0.00487. The summed E-state index contributed by atoms with van der Waals surface area (Å²) in [7, 11) is 0. The number of amides is 1. The topological polar surface area (TPSA) is 61.4 Å². The van der Waals surface area contributed by atoms with Gasteiger partial charge in [-0.2, -0.15) is 0 Å². The Morgan fingerprint density at radius 2 is 2.04 bits per heavy atom. The van der Waals surface area contributed by atoms with Crippen molar-refractivity contribution in [2.24, 2.45) is 0 Å². The van der Waals surface area contributed by atoms with Gasteiger partial charge in [0.05, 0.1) is 0 Å². The highest BCUT2D eigenvalue weighted by molar-refractivity contribution is 5.96. The van der Waals surface area contributed by atoms with Gasteiger partial charge >= 0.3 is 0 Å². The van der Waals surface area contributed by atoms with Crippen molar-refractivity contribution < 1.29 is 9.90 Å². The summed E-state index contributed by atoms with van der Waals surface area (Å²) in [6.07, 6.45) is 2.82. The summed E-state index contributed by atoms with van der Waals surface area (Å²) in [4.78, 5) is 12.0. The molecule has 1 unspecified atom stereocenters. The summed E-state index contributed by atoms with van der Waals surface area (Å²) in [5, 5.41) is 16.3. The van der Waals surface area contributed by atoms with Crippen LogP contribution in [0.25, 0.3) is 6.08 Å². The molecule has 23 heavy (non-hydrogen) atoms.